The van der Waals surface area contributed by atoms with Crippen LogP contribution in [0.2, 0.25) is 0 Å². The van der Waals surface area contributed by atoms with Crippen LogP contribution in [0.1, 0.15) is 34.5 Å². The van der Waals surface area contributed by atoms with Gasteiger partial charge in [0.05, 0.1) is 3.79 Å². The number of rotatable bonds is 3. The van der Waals surface area contributed by atoms with Crippen molar-refractivity contribution in [3.8, 4) is 0 Å². The lowest BCUT2D eigenvalue weighted by molar-refractivity contribution is 0.0976. The summed E-state index contributed by atoms with van der Waals surface area (Å²) in [6.45, 7) is 2.01. The van der Waals surface area contributed by atoms with Gasteiger partial charge < -0.3 is 0 Å². The second-order valence-electron chi connectivity index (χ2n) is 3.59. The van der Waals surface area contributed by atoms with Gasteiger partial charge in [-0.15, -0.1) is 11.3 Å². The second-order valence-corrected chi connectivity index (χ2v) is 6.23. The van der Waals surface area contributed by atoms with E-state index < -0.39 is 0 Å². The number of ketones is 1. The summed E-state index contributed by atoms with van der Waals surface area (Å²) in [7, 11) is 0. The molecule has 0 N–H and O–H groups in total. The molecule has 1 fully saturated rings. The monoisotopic (exact) mass is 258 g/mol. The first-order chi connectivity index (χ1) is 6.16. The Hall–Kier alpha value is -0.150. The molecule has 0 radical (unpaired) electrons. The normalized spacial score (nSPS) is 16.2. The van der Waals surface area contributed by atoms with Crippen LogP contribution >= 0.6 is 27.3 Å². The van der Waals surface area contributed by atoms with E-state index in [-0.39, 0.29) is 0 Å². The summed E-state index contributed by atoms with van der Waals surface area (Å²) in [5.74, 6) is 1.01. The number of carbonyl (C=O) groups is 1. The number of hydrogen-bond acceptors (Lipinski definition) is 2. The second kappa shape index (κ2) is 3.54. The van der Waals surface area contributed by atoms with Crippen LogP contribution in [0.3, 0.4) is 0 Å². The van der Waals surface area contributed by atoms with Crippen molar-refractivity contribution in [2.45, 2.75) is 26.2 Å². The topological polar surface area (TPSA) is 17.1 Å². The lowest BCUT2D eigenvalue weighted by atomic mass is 10.1. The van der Waals surface area contributed by atoms with Crippen molar-refractivity contribution >= 4 is 33.0 Å². The minimum Gasteiger partial charge on any atom is -0.294 e. The smallest absolute Gasteiger partial charge is 0.164 e. The molecule has 0 atom stereocenters. The molecule has 1 aromatic heterocycles. The molecule has 0 aliphatic heterocycles. The van der Waals surface area contributed by atoms with Crippen LogP contribution in [0.5, 0.6) is 0 Å². The quantitative estimate of drug-likeness (QED) is 0.754. The Balaban J connectivity index is 2.13. The van der Waals surface area contributed by atoms with Gasteiger partial charge in [-0.3, -0.25) is 4.79 Å². The van der Waals surface area contributed by atoms with Crippen molar-refractivity contribution in [2.24, 2.45) is 5.92 Å². The third-order valence-electron chi connectivity index (χ3n) is 2.36. The van der Waals surface area contributed by atoms with Gasteiger partial charge in [-0.1, -0.05) is 0 Å². The Morgan fingerprint density at radius 3 is 2.85 bits per heavy atom. The molecule has 2 rings (SSSR count). The number of carbonyl (C=O) groups excluding carboxylic acids is 1. The molecule has 1 aromatic rings. The van der Waals surface area contributed by atoms with E-state index in [1.54, 1.807) is 11.3 Å². The van der Waals surface area contributed by atoms with Crippen LogP contribution in [0.25, 0.3) is 0 Å². The molecule has 1 aliphatic carbocycles. The molecule has 0 saturated heterocycles. The number of thiophene rings is 1. The number of hydrogen-bond donors (Lipinski definition) is 0. The van der Waals surface area contributed by atoms with Crippen molar-refractivity contribution in [3.63, 3.8) is 0 Å². The van der Waals surface area contributed by atoms with Gasteiger partial charge in [-0.25, -0.2) is 0 Å². The average Bonchev–Trinajstić information content (AvgIpc) is 2.77. The fraction of sp³-hybridized carbons (Fsp3) is 0.500. The van der Waals surface area contributed by atoms with Crippen molar-refractivity contribution in [1.29, 1.82) is 0 Å². The predicted molar refractivity (Wildman–Crippen MR) is 58.4 cm³/mol. The fourth-order valence-electron chi connectivity index (χ4n) is 1.42. The van der Waals surface area contributed by atoms with E-state index in [1.807, 2.05) is 13.0 Å². The largest absolute Gasteiger partial charge is 0.294 e. The van der Waals surface area contributed by atoms with Crippen molar-refractivity contribution in [3.05, 3.63) is 20.3 Å². The summed E-state index contributed by atoms with van der Waals surface area (Å²) < 4.78 is 1.06. The Labute approximate surface area is 90.3 Å². The fourth-order valence-corrected chi connectivity index (χ4v) is 3.13. The number of halogens is 1. The zero-order chi connectivity index (χ0) is 9.42. The van der Waals surface area contributed by atoms with Gasteiger partial charge in [0.25, 0.3) is 0 Å². The molecular weight excluding hydrogens is 248 g/mol. The first-order valence-electron chi connectivity index (χ1n) is 4.46. The summed E-state index contributed by atoms with van der Waals surface area (Å²) in [4.78, 5) is 12.9. The summed E-state index contributed by atoms with van der Waals surface area (Å²) in [5.41, 5.74) is 0.920. The zero-order valence-corrected chi connectivity index (χ0v) is 9.87. The minimum absolute atomic E-state index is 0.321. The maximum atomic E-state index is 11.7. The molecule has 0 amide bonds. The maximum Gasteiger partial charge on any atom is 0.164 e. The highest BCUT2D eigenvalue weighted by Gasteiger charge is 2.25. The highest BCUT2D eigenvalue weighted by atomic mass is 79.9. The van der Waals surface area contributed by atoms with E-state index in [4.69, 9.17) is 0 Å². The first kappa shape index (κ1) is 9.41. The van der Waals surface area contributed by atoms with Crippen LogP contribution in [0.4, 0.5) is 0 Å². The Morgan fingerprint density at radius 1 is 1.69 bits per heavy atom. The van der Waals surface area contributed by atoms with Gasteiger partial charge in [0.2, 0.25) is 0 Å². The van der Waals surface area contributed by atoms with E-state index >= 15 is 0 Å². The average molecular weight is 259 g/mol. The third kappa shape index (κ3) is 2.20. The van der Waals surface area contributed by atoms with Crippen LogP contribution in [0, 0.1) is 12.8 Å². The SMILES string of the molecule is Cc1sc(Br)cc1C(=O)CC1CC1. The molecule has 0 bridgehead atoms. The molecule has 13 heavy (non-hydrogen) atoms. The Bertz CT molecular complexity index is 339. The van der Waals surface area contributed by atoms with Crippen LogP contribution in [-0.2, 0) is 0 Å². The van der Waals surface area contributed by atoms with Gasteiger partial charge >= 0.3 is 0 Å². The summed E-state index contributed by atoms with van der Waals surface area (Å²) in [6.07, 6.45) is 3.25. The van der Waals surface area contributed by atoms with Gasteiger partial charge in [0, 0.05) is 16.9 Å². The van der Waals surface area contributed by atoms with Crippen molar-refractivity contribution in [2.75, 3.05) is 0 Å². The molecule has 1 aliphatic rings. The van der Waals surface area contributed by atoms with Crippen LogP contribution in [0.15, 0.2) is 9.85 Å². The van der Waals surface area contributed by atoms with E-state index in [2.05, 4.69) is 15.9 Å². The van der Waals surface area contributed by atoms with E-state index in [0.717, 1.165) is 20.6 Å². The molecule has 1 heterocycles. The van der Waals surface area contributed by atoms with E-state index in [1.165, 1.54) is 12.8 Å². The van der Waals surface area contributed by atoms with Gasteiger partial charge in [-0.2, -0.15) is 0 Å². The van der Waals surface area contributed by atoms with Crippen LogP contribution < -0.4 is 0 Å². The van der Waals surface area contributed by atoms with Gasteiger partial charge in [-0.05, 0) is 47.7 Å². The Kier molecular flexibility index (Phi) is 2.56. The highest BCUT2D eigenvalue weighted by molar-refractivity contribution is 9.11. The molecule has 3 heteroatoms. The van der Waals surface area contributed by atoms with Crippen molar-refractivity contribution in [1.82, 2.24) is 0 Å². The highest BCUT2D eigenvalue weighted by Crippen LogP contribution is 2.35. The molecule has 1 saturated carbocycles. The summed E-state index contributed by atoms with van der Waals surface area (Å²) in [5, 5.41) is 0. The molecule has 0 aromatic carbocycles. The summed E-state index contributed by atoms with van der Waals surface area (Å²) in [6, 6.07) is 1.95. The minimum atomic E-state index is 0.321. The lowest BCUT2D eigenvalue weighted by Gasteiger charge is -1.96. The number of aryl methyl sites for hydroxylation is 1. The molecule has 1 nitrogen and oxygen atoms in total. The van der Waals surface area contributed by atoms with Gasteiger partial charge in [0.15, 0.2) is 5.78 Å². The van der Waals surface area contributed by atoms with E-state index in [9.17, 15) is 4.79 Å². The molecule has 0 unspecified atom stereocenters. The van der Waals surface area contributed by atoms with Crippen LogP contribution in [-0.4, -0.2) is 5.78 Å². The maximum absolute atomic E-state index is 11.7. The first-order valence-corrected chi connectivity index (χ1v) is 6.07. The number of Topliss-reactive ketones (excluding diaryl/α,β-unsaturated/α-hetero) is 1. The molecular formula is C10H11BrOS. The summed E-state index contributed by atoms with van der Waals surface area (Å²) >= 11 is 5.04. The molecule has 0 spiro atoms. The lowest BCUT2D eigenvalue weighted by Crippen LogP contribution is -1.99. The third-order valence-corrected chi connectivity index (χ3v) is 3.91. The Morgan fingerprint density at radius 2 is 2.38 bits per heavy atom. The molecule has 70 valence electrons. The standard InChI is InChI=1S/C10H11BrOS/c1-6-8(5-10(11)13-6)9(12)4-7-2-3-7/h5,7H,2-4H2,1H3. The predicted octanol–water partition coefficient (Wildman–Crippen LogP) is 3.80. The van der Waals surface area contributed by atoms with E-state index in [0.29, 0.717) is 11.7 Å². The van der Waals surface area contributed by atoms with Gasteiger partial charge in [0.1, 0.15) is 0 Å². The van der Waals surface area contributed by atoms with Crippen molar-refractivity contribution < 1.29 is 4.79 Å². The zero-order valence-electron chi connectivity index (χ0n) is 7.47.